The number of nitriles is 1. The van der Waals surface area contributed by atoms with Crippen LogP contribution in [-0.4, -0.2) is 48.5 Å². The van der Waals surface area contributed by atoms with Crippen LogP contribution in [0.1, 0.15) is 11.1 Å². The summed E-state index contributed by atoms with van der Waals surface area (Å²) in [5.41, 5.74) is 1.53. The molecule has 0 unspecified atom stereocenters. The van der Waals surface area contributed by atoms with Crippen LogP contribution in [0.25, 0.3) is 0 Å². The molecule has 1 aromatic rings. The van der Waals surface area contributed by atoms with Gasteiger partial charge in [0.15, 0.2) is 0 Å². The van der Waals surface area contributed by atoms with Crippen LogP contribution in [0, 0.1) is 11.3 Å². The molecular formula is C13H16IN5O. The average Bonchev–Trinajstić information content (AvgIpc) is 2.98. The summed E-state index contributed by atoms with van der Waals surface area (Å²) in [6.45, 7) is 2.15. The van der Waals surface area contributed by atoms with Crippen molar-refractivity contribution < 1.29 is 34.4 Å². The molecule has 20 heavy (non-hydrogen) atoms. The summed E-state index contributed by atoms with van der Waals surface area (Å²) in [6.07, 6.45) is 1.70. The zero-order valence-electron chi connectivity index (χ0n) is 10.9. The number of nitrogens with zero attached hydrogens (tertiary/aromatic N) is 4. The fourth-order valence-corrected chi connectivity index (χ4v) is 1.73. The topological polar surface area (TPSA) is 88.6 Å². The van der Waals surface area contributed by atoms with Crippen molar-refractivity contribution in [2.45, 2.75) is 0 Å². The predicted molar refractivity (Wildman–Crippen MR) is 71.6 cm³/mol. The molecule has 0 saturated heterocycles. The van der Waals surface area contributed by atoms with Gasteiger partial charge in [0.2, 0.25) is 0 Å². The highest BCUT2D eigenvalue weighted by atomic mass is 127. The van der Waals surface area contributed by atoms with Gasteiger partial charge in [0.1, 0.15) is 6.54 Å². The van der Waals surface area contributed by atoms with Gasteiger partial charge in [-0.05, 0) is 17.7 Å². The molecule has 2 rings (SSSR count). The third-order valence-corrected chi connectivity index (χ3v) is 2.69. The van der Waals surface area contributed by atoms with E-state index in [1.807, 2.05) is 17.4 Å². The van der Waals surface area contributed by atoms with Gasteiger partial charge in [0.25, 0.3) is 0 Å². The van der Waals surface area contributed by atoms with Crippen molar-refractivity contribution in [3.8, 4) is 6.07 Å². The van der Waals surface area contributed by atoms with Crippen LogP contribution in [-0.2, 0) is 0 Å². The van der Waals surface area contributed by atoms with Gasteiger partial charge in [-0.15, -0.1) is 0 Å². The molecule has 1 aromatic carbocycles. The lowest BCUT2D eigenvalue weighted by Crippen LogP contribution is -3.00. The number of hydrazone groups is 1. The van der Waals surface area contributed by atoms with E-state index in [4.69, 9.17) is 10.4 Å². The maximum Gasteiger partial charge on any atom is 0.317 e. The quantitative estimate of drug-likeness (QED) is 0.316. The summed E-state index contributed by atoms with van der Waals surface area (Å²) in [7, 11) is 0. The van der Waals surface area contributed by atoms with Gasteiger partial charge < -0.3 is 29.1 Å². The van der Waals surface area contributed by atoms with Crippen molar-refractivity contribution >= 4 is 12.2 Å². The Balaban J connectivity index is 0.00000200. The fourth-order valence-electron chi connectivity index (χ4n) is 1.73. The summed E-state index contributed by atoms with van der Waals surface area (Å²) in [6, 6.07) is 9.23. The Labute approximate surface area is 134 Å². The molecule has 1 heterocycles. The summed E-state index contributed by atoms with van der Waals surface area (Å²) < 4.78 is 0. The number of aliphatic hydroxyl groups excluding tert-OH is 1. The zero-order chi connectivity index (χ0) is 13.5. The second-order valence-corrected chi connectivity index (χ2v) is 4.06. The monoisotopic (exact) mass is 385 g/mol. The molecule has 0 radical (unpaired) electrons. The van der Waals surface area contributed by atoms with Crippen molar-refractivity contribution in [3.05, 3.63) is 35.4 Å². The first-order valence-electron chi connectivity index (χ1n) is 6.13. The number of quaternary nitrogens is 1. The molecule has 0 aromatic heterocycles. The van der Waals surface area contributed by atoms with Crippen LogP contribution < -0.4 is 29.3 Å². The Bertz CT molecular complexity index is 521. The van der Waals surface area contributed by atoms with E-state index in [1.54, 1.807) is 23.4 Å². The molecule has 0 bridgehead atoms. The number of hydrogen-bond donors (Lipinski definition) is 2. The molecule has 0 spiro atoms. The minimum absolute atomic E-state index is 0. The first-order valence-corrected chi connectivity index (χ1v) is 6.13. The number of aliphatic imine (C=N–C) groups is 1. The smallest absolute Gasteiger partial charge is 0.317 e. The Morgan fingerprint density at radius 3 is 2.75 bits per heavy atom. The predicted octanol–water partition coefficient (Wildman–Crippen LogP) is -3.88. The van der Waals surface area contributed by atoms with Crippen LogP contribution in [0.15, 0.2) is 34.4 Å². The van der Waals surface area contributed by atoms with Gasteiger partial charge in [0, 0.05) is 0 Å². The summed E-state index contributed by atoms with van der Waals surface area (Å²) in [4.78, 5) is 4.31. The molecule has 7 heteroatoms. The first kappa shape index (κ1) is 16.6. The molecule has 1 aliphatic rings. The molecule has 0 aliphatic carbocycles. The molecule has 0 fully saturated rings. The highest BCUT2D eigenvalue weighted by Crippen LogP contribution is 2.01. The number of aliphatic hydroxyl groups is 1. The Morgan fingerprint density at radius 1 is 1.45 bits per heavy atom. The largest absolute Gasteiger partial charge is 1.00 e. The number of rotatable bonds is 4. The lowest BCUT2D eigenvalue weighted by Gasteiger charge is -2.13. The van der Waals surface area contributed by atoms with Crippen LogP contribution in [0.3, 0.4) is 0 Å². The van der Waals surface area contributed by atoms with Crippen molar-refractivity contribution in [1.82, 2.24) is 5.01 Å². The lowest BCUT2D eigenvalue weighted by atomic mass is 10.2. The van der Waals surface area contributed by atoms with E-state index in [0.717, 1.165) is 24.6 Å². The van der Waals surface area contributed by atoms with Gasteiger partial charge in [-0.1, -0.05) is 12.1 Å². The van der Waals surface area contributed by atoms with Crippen LogP contribution >= 0.6 is 0 Å². The number of nitrogens with two attached hydrogens (primary N) is 1. The van der Waals surface area contributed by atoms with Crippen LogP contribution in [0.5, 0.6) is 0 Å². The van der Waals surface area contributed by atoms with Crippen molar-refractivity contribution in [1.29, 1.82) is 5.26 Å². The van der Waals surface area contributed by atoms with E-state index in [-0.39, 0.29) is 30.6 Å². The molecule has 106 valence electrons. The van der Waals surface area contributed by atoms with Gasteiger partial charge >= 0.3 is 5.96 Å². The van der Waals surface area contributed by atoms with Crippen molar-refractivity contribution in [2.75, 3.05) is 26.2 Å². The molecule has 0 amide bonds. The second kappa shape index (κ2) is 8.63. The third-order valence-electron chi connectivity index (χ3n) is 2.69. The second-order valence-electron chi connectivity index (χ2n) is 4.06. The van der Waals surface area contributed by atoms with Gasteiger partial charge in [-0.3, -0.25) is 5.32 Å². The number of halogens is 1. The van der Waals surface area contributed by atoms with E-state index in [2.05, 4.69) is 16.2 Å². The molecule has 0 saturated carbocycles. The first-order chi connectivity index (χ1) is 9.33. The summed E-state index contributed by atoms with van der Waals surface area (Å²) in [5.74, 6) is 0.805. The highest BCUT2D eigenvalue weighted by Gasteiger charge is 2.17. The van der Waals surface area contributed by atoms with Crippen LogP contribution in [0.4, 0.5) is 0 Å². The molecule has 0 atom stereocenters. The Morgan fingerprint density at radius 2 is 2.20 bits per heavy atom. The Hall–Kier alpha value is -1.50. The van der Waals surface area contributed by atoms with E-state index < -0.39 is 0 Å². The third kappa shape index (κ3) is 4.56. The standard InChI is InChI=1S/C13H15N5O.HI/c14-9-11-1-3-12(4-2-11)10-17-18(7-8-19)13-15-5-6-16-13;/h1-4,10,19H,5-8H2,(H,15,16);1H/b17-10+;. The van der Waals surface area contributed by atoms with Crippen molar-refractivity contribution in [2.24, 2.45) is 10.1 Å². The fraction of sp³-hybridized carbons (Fsp3) is 0.308. The number of benzene rings is 1. The van der Waals surface area contributed by atoms with Gasteiger partial charge in [0.05, 0.1) is 37.5 Å². The maximum absolute atomic E-state index is 9.04. The van der Waals surface area contributed by atoms with Gasteiger partial charge in [-0.2, -0.15) is 15.4 Å². The normalized spacial score (nSPS) is 13.7. The average molecular weight is 385 g/mol. The minimum Gasteiger partial charge on any atom is -1.00 e. The van der Waals surface area contributed by atoms with Gasteiger partial charge in [-0.25, -0.2) is 4.99 Å². The molecule has 3 N–H and O–H groups in total. The van der Waals surface area contributed by atoms with Crippen molar-refractivity contribution in [3.63, 3.8) is 0 Å². The number of guanidine groups is 1. The van der Waals surface area contributed by atoms with E-state index in [0.29, 0.717) is 12.1 Å². The Kier molecular flexibility index (Phi) is 7.14. The summed E-state index contributed by atoms with van der Waals surface area (Å²) in [5, 5.41) is 25.8. The van der Waals surface area contributed by atoms with Crippen LogP contribution in [0.2, 0.25) is 0 Å². The molecule has 1 aliphatic heterocycles. The van der Waals surface area contributed by atoms with E-state index in [9.17, 15) is 0 Å². The molecular weight excluding hydrogens is 369 g/mol. The number of hydrogen-bond acceptors (Lipinski definition) is 5. The minimum atomic E-state index is 0. The summed E-state index contributed by atoms with van der Waals surface area (Å²) >= 11 is 0. The van der Waals surface area contributed by atoms with E-state index in [1.165, 1.54) is 0 Å². The molecule has 6 nitrogen and oxygen atoms in total. The zero-order valence-corrected chi connectivity index (χ0v) is 13.1. The highest BCUT2D eigenvalue weighted by molar-refractivity contribution is 5.81. The lowest BCUT2D eigenvalue weighted by molar-refractivity contribution is -0.537. The SMILES string of the molecule is N#Cc1ccc(/C=N/N(CCO)C2=NCC[NH2+]2)cc1.[I-]. The maximum atomic E-state index is 9.04. The van der Waals surface area contributed by atoms with E-state index >= 15 is 0 Å².